The highest BCUT2D eigenvalue weighted by molar-refractivity contribution is 5.43. The molecule has 0 amide bonds. The van der Waals surface area contributed by atoms with Crippen LogP contribution in [0.15, 0.2) is 36.4 Å². The maximum atomic E-state index is 6.03. The Morgan fingerprint density at radius 2 is 1.61 bits per heavy atom. The standard InChI is InChI=1S/C19H25NO3/c1-13-9-14(5-7-18(13)22-3)16(12-20)10-15-11-17(21-2)6-8-19(15)23-4/h5-9,11,16H,10,12,20H2,1-4H3. The Bertz CT molecular complexity index is 655. The minimum atomic E-state index is 0.209. The van der Waals surface area contributed by atoms with E-state index in [0.717, 1.165) is 34.8 Å². The van der Waals surface area contributed by atoms with Gasteiger partial charge in [-0.15, -0.1) is 0 Å². The van der Waals surface area contributed by atoms with Crippen LogP contribution in [0.4, 0.5) is 0 Å². The first-order valence-electron chi connectivity index (χ1n) is 7.68. The smallest absolute Gasteiger partial charge is 0.122 e. The van der Waals surface area contributed by atoms with Crippen molar-refractivity contribution in [2.24, 2.45) is 5.73 Å². The number of methoxy groups -OCH3 is 3. The van der Waals surface area contributed by atoms with Crippen molar-refractivity contribution < 1.29 is 14.2 Å². The fourth-order valence-corrected chi connectivity index (χ4v) is 2.80. The Morgan fingerprint density at radius 3 is 2.17 bits per heavy atom. The first-order chi connectivity index (χ1) is 11.1. The van der Waals surface area contributed by atoms with Gasteiger partial charge in [-0.1, -0.05) is 12.1 Å². The minimum absolute atomic E-state index is 0.209. The van der Waals surface area contributed by atoms with E-state index in [4.69, 9.17) is 19.9 Å². The van der Waals surface area contributed by atoms with Gasteiger partial charge in [0.1, 0.15) is 17.2 Å². The summed E-state index contributed by atoms with van der Waals surface area (Å²) in [5.74, 6) is 2.78. The van der Waals surface area contributed by atoms with Crippen LogP contribution in [0.1, 0.15) is 22.6 Å². The molecule has 2 N–H and O–H groups in total. The molecular formula is C19H25NO3. The summed E-state index contributed by atoms with van der Waals surface area (Å²) in [6.07, 6.45) is 0.794. The summed E-state index contributed by atoms with van der Waals surface area (Å²) in [6, 6.07) is 12.1. The van der Waals surface area contributed by atoms with Gasteiger partial charge in [0.25, 0.3) is 0 Å². The van der Waals surface area contributed by atoms with Crippen LogP contribution in [0.3, 0.4) is 0 Å². The van der Waals surface area contributed by atoms with E-state index in [1.54, 1.807) is 21.3 Å². The second kappa shape index (κ2) is 7.88. The molecule has 1 atom stereocenters. The van der Waals surface area contributed by atoms with Crippen molar-refractivity contribution in [2.75, 3.05) is 27.9 Å². The van der Waals surface area contributed by atoms with Crippen LogP contribution in [0.25, 0.3) is 0 Å². The van der Waals surface area contributed by atoms with Crippen LogP contribution >= 0.6 is 0 Å². The van der Waals surface area contributed by atoms with Gasteiger partial charge < -0.3 is 19.9 Å². The number of hydrogen-bond donors (Lipinski definition) is 1. The molecule has 0 spiro atoms. The Hall–Kier alpha value is -2.20. The summed E-state index contributed by atoms with van der Waals surface area (Å²) < 4.78 is 16.1. The highest BCUT2D eigenvalue weighted by atomic mass is 16.5. The van der Waals surface area contributed by atoms with Crippen LogP contribution in [0, 0.1) is 6.92 Å². The number of nitrogens with two attached hydrogens (primary N) is 1. The van der Waals surface area contributed by atoms with Crippen LogP contribution in [-0.4, -0.2) is 27.9 Å². The van der Waals surface area contributed by atoms with Crippen molar-refractivity contribution in [1.29, 1.82) is 0 Å². The fraction of sp³-hybridized carbons (Fsp3) is 0.368. The number of ether oxygens (including phenoxy) is 3. The average Bonchev–Trinajstić information content (AvgIpc) is 2.59. The molecule has 0 saturated carbocycles. The predicted octanol–water partition coefficient (Wildman–Crippen LogP) is 3.31. The lowest BCUT2D eigenvalue weighted by Crippen LogP contribution is -2.15. The largest absolute Gasteiger partial charge is 0.497 e. The zero-order valence-corrected chi connectivity index (χ0v) is 14.3. The summed E-state index contributed by atoms with van der Waals surface area (Å²) in [7, 11) is 5.03. The Kier molecular flexibility index (Phi) is 5.88. The first-order valence-corrected chi connectivity index (χ1v) is 7.68. The van der Waals surface area contributed by atoms with E-state index in [9.17, 15) is 0 Å². The third-order valence-corrected chi connectivity index (χ3v) is 4.13. The molecule has 0 aromatic heterocycles. The quantitative estimate of drug-likeness (QED) is 0.852. The summed E-state index contributed by atoms with van der Waals surface area (Å²) in [5, 5.41) is 0. The maximum absolute atomic E-state index is 6.03. The molecule has 4 heteroatoms. The van der Waals surface area contributed by atoms with Crippen LogP contribution in [0.5, 0.6) is 17.2 Å². The predicted molar refractivity (Wildman–Crippen MR) is 92.8 cm³/mol. The SMILES string of the molecule is COc1ccc(OC)c(CC(CN)c2ccc(OC)c(C)c2)c1. The van der Waals surface area contributed by atoms with Gasteiger partial charge >= 0.3 is 0 Å². The molecule has 124 valence electrons. The monoisotopic (exact) mass is 315 g/mol. The van der Waals surface area contributed by atoms with Crippen LogP contribution in [-0.2, 0) is 6.42 Å². The minimum Gasteiger partial charge on any atom is -0.497 e. The topological polar surface area (TPSA) is 53.7 Å². The molecular weight excluding hydrogens is 290 g/mol. The molecule has 2 aromatic rings. The normalized spacial score (nSPS) is 11.9. The van der Waals surface area contributed by atoms with Crippen molar-refractivity contribution in [3.05, 3.63) is 53.1 Å². The molecule has 0 aliphatic rings. The molecule has 1 unspecified atom stereocenters. The van der Waals surface area contributed by atoms with E-state index < -0.39 is 0 Å². The molecule has 0 bridgehead atoms. The second-order valence-corrected chi connectivity index (χ2v) is 5.54. The van der Waals surface area contributed by atoms with Crippen LogP contribution < -0.4 is 19.9 Å². The lowest BCUT2D eigenvalue weighted by molar-refractivity contribution is 0.397. The summed E-state index contributed by atoms with van der Waals surface area (Å²) in [5.41, 5.74) is 9.44. The van der Waals surface area contributed by atoms with Gasteiger partial charge in [-0.3, -0.25) is 0 Å². The molecule has 0 saturated heterocycles. The summed E-state index contributed by atoms with van der Waals surface area (Å²) in [6.45, 7) is 2.61. The third-order valence-electron chi connectivity index (χ3n) is 4.13. The molecule has 2 aromatic carbocycles. The number of aryl methyl sites for hydroxylation is 1. The van der Waals surface area contributed by atoms with E-state index in [-0.39, 0.29) is 5.92 Å². The summed E-state index contributed by atoms with van der Waals surface area (Å²) in [4.78, 5) is 0. The second-order valence-electron chi connectivity index (χ2n) is 5.54. The van der Waals surface area contributed by atoms with Gasteiger partial charge in [-0.05, 0) is 60.8 Å². The third kappa shape index (κ3) is 3.96. The van der Waals surface area contributed by atoms with E-state index >= 15 is 0 Å². The summed E-state index contributed by atoms with van der Waals surface area (Å²) >= 11 is 0. The molecule has 0 aliphatic heterocycles. The molecule has 4 nitrogen and oxygen atoms in total. The van der Waals surface area contributed by atoms with Gasteiger partial charge in [0.2, 0.25) is 0 Å². The van der Waals surface area contributed by atoms with Gasteiger partial charge in [0.05, 0.1) is 21.3 Å². The molecule has 23 heavy (non-hydrogen) atoms. The lowest BCUT2D eigenvalue weighted by atomic mass is 9.90. The lowest BCUT2D eigenvalue weighted by Gasteiger charge is -2.19. The molecule has 2 rings (SSSR count). The van der Waals surface area contributed by atoms with Crippen molar-refractivity contribution >= 4 is 0 Å². The molecule has 0 radical (unpaired) electrons. The molecule has 0 aliphatic carbocycles. The zero-order valence-electron chi connectivity index (χ0n) is 14.3. The molecule has 0 fully saturated rings. The van der Waals surface area contributed by atoms with Crippen molar-refractivity contribution in [3.8, 4) is 17.2 Å². The van der Waals surface area contributed by atoms with Crippen LogP contribution in [0.2, 0.25) is 0 Å². The maximum Gasteiger partial charge on any atom is 0.122 e. The fourth-order valence-electron chi connectivity index (χ4n) is 2.80. The Balaban J connectivity index is 2.30. The van der Waals surface area contributed by atoms with Crippen molar-refractivity contribution in [3.63, 3.8) is 0 Å². The molecule has 0 heterocycles. The van der Waals surface area contributed by atoms with Gasteiger partial charge in [0, 0.05) is 5.92 Å². The Labute approximate surface area is 138 Å². The number of rotatable bonds is 7. The van der Waals surface area contributed by atoms with E-state index in [2.05, 4.69) is 12.1 Å². The van der Waals surface area contributed by atoms with Gasteiger partial charge in [0.15, 0.2) is 0 Å². The van der Waals surface area contributed by atoms with E-state index in [1.165, 1.54) is 5.56 Å². The van der Waals surface area contributed by atoms with Gasteiger partial charge in [-0.25, -0.2) is 0 Å². The number of hydrogen-bond acceptors (Lipinski definition) is 4. The highest BCUT2D eigenvalue weighted by Gasteiger charge is 2.15. The van der Waals surface area contributed by atoms with E-state index in [1.807, 2.05) is 31.2 Å². The van der Waals surface area contributed by atoms with E-state index in [0.29, 0.717) is 6.54 Å². The van der Waals surface area contributed by atoms with Crippen molar-refractivity contribution in [1.82, 2.24) is 0 Å². The van der Waals surface area contributed by atoms with Crippen molar-refractivity contribution in [2.45, 2.75) is 19.3 Å². The average molecular weight is 315 g/mol. The number of benzene rings is 2. The zero-order chi connectivity index (χ0) is 16.8. The Morgan fingerprint density at radius 1 is 0.913 bits per heavy atom. The van der Waals surface area contributed by atoms with Gasteiger partial charge in [-0.2, -0.15) is 0 Å². The first kappa shape index (κ1) is 17.2. The highest BCUT2D eigenvalue weighted by Crippen LogP contribution is 2.31.